The second kappa shape index (κ2) is 11.6. The molecule has 2 aromatic rings. The molecule has 1 aliphatic heterocycles. The molecule has 9 nitrogen and oxygen atoms in total. The fraction of sp³-hybridized carbons (Fsp3) is 0.440. The van der Waals surface area contributed by atoms with Gasteiger partial charge in [0.2, 0.25) is 28.6 Å². The minimum absolute atomic E-state index is 0.0114. The summed E-state index contributed by atoms with van der Waals surface area (Å²) in [6.07, 6.45) is 0.687. The van der Waals surface area contributed by atoms with Crippen molar-refractivity contribution in [1.82, 2.24) is 10.2 Å². The van der Waals surface area contributed by atoms with Gasteiger partial charge in [0.05, 0.1) is 11.4 Å². The van der Waals surface area contributed by atoms with Crippen LogP contribution in [0.2, 0.25) is 0 Å². The Morgan fingerprint density at radius 2 is 1.78 bits per heavy atom. The van der Waals surface area contributed by atoms with Crippen LogP contribution < -0.4 is 19.1 Å². The molecule has 1 heterocycles. The zero-order chi connectivity index (χ0) is 26.5. The number of nitrogens with one attached hydrogen (secondary N) is 1. The highest BCUT2D eigenvalue weighted by molar-refractivity contribution is 7.92. The van der Waals surface area contributed by atoms with Gasteiger partial charge in [0, 0.05) is 24.2 Å². The molecule has 0 radical (unpaired) electrons. The second-order valence-corrected chi connectivity index (χ2v) is 10.7. The lowest BCUT2D eigenvalue weighted by molar-refractivity contribution is -0.139. The predicted octanol–water partition coefficient (Wildman–Crippen LogP) is 3.04. The Kier molecular flexibility index (Phi) is 8.78. The highest BCUT2D eigenvalue weighted by atomic mass is 32.2. The van der Waals surface area contributed by atoms with Crippen LogP contribution in [0.1, 0.15) is 39.7 Å². The molecule has 2 atom stereocenters. The first-order valence-corrected chi connectivity index (χ1v) is 13.4. The Balaban J connectivity index is 1.95. The van der Waals surface area contributed by atoms with Gasteiger partial charge >= 0.3 is 0 Å². The molecule has 2 aromatic carbocycles. The lowest BCUT2D eigenvalue weighted by Gasteiger charge is -2.32. The number of benzene rings is 2. The number of fused-ring (bicyclic) bond motifs is 1. The molecule has 11 heteroatoms. The summed E-state index contributed by atoms with van der Waals surface area (Å²) in [7, 11) is -3.89. The monoisotopic (exact) mass is 521 g/mol. The quantitative estimate of drug-likeness (QED) is 0.487. The van der Waals surface area contributed by atoms with Crippen molar-refractivity contribution in [2.75, 3.05) is 23.4 Å². The normalized spacial score (nSPS) is 14.1. The van der Waals surface area contributed by atoms with Crippen LogP contribution in [0.5, 0.6) is 11.5 Å². The van der Waals surface area contributed by atoms with E-state index in [2.05, 4.69) is 5.32 Å². The van der Waals surface area contributed by atoms with E-state index in [1.54, 1.807) is 12.1 Å². The first-order valence-electron chi connectivity index (χ1n) is 11.8. The average molecular weight is 522 g/mol. The van der Waals surface area contributed by atoms with Gasteiger partial charge in [-0.2, -0.15) is 0 Å². The van der Waals surface area contributed by atoms with Crippen molar-refractivity contribution in [2.45, 2.75) is 52.7 Å². The van der Waals surface area contributed by atoms with E-state index in [0.29, 0.717) is 17.9 Å². The first kappa shape index (κ1) is 27.3. The van der Waals surface area contributed by atoms with E-state index < -0.39 is 40.2 Å². The number of halogens is 1. The molecule has 36 heavy (non-hydrogen) atoms. The number of ether oxygens (including phenoxy) is 2. The van der Waals surface area contributed by atoms with E-state index in [9.17, 15) is 22.4 Å². The number of sulfonamides is 1. The first-order chi connectivity index (χ1) is 17.1. The minimum atomic E-state index is -3.89. The summed E-state index contributed by atoms with van der Waals surface area (Å²) in [5.74, 6) is -1.02. The molecule has 0 bridgehead atoms. The molecule has 1 N–H and O–H groups in total. The van der Waals surface area contributed by atoms with Crippen molar-refractivity contribution < 1.29 is 31.9 Å². The third kappa shape index (κ3) is 6.26. The molecule has 0 saturated heterocycles. The van der Waals surface area contributed by atoms with Crippen LogP contribution in [0, 0.1) is 5.82 Å². The van der Waals surface area contributed by atoms with E-state index >= 15 is 0 Å². The fourth-order valence-corrected chi connectivity index (χ4v) is 4.67. The third-order valence-electron chi connectivity index (χ3n) is 6.09. The molecule has 0 aromatic heterocycles. The highest BCUT2D eigenvalue weighted by Crippen LogP contribution is 2.36. The molecule has 0 unspecified atom stereocenters. The van der Waals surface area contributed by atoms with E-state index in [-0.39, 0.29) is 36.4 Å². The number of hydrogen-bond donors (Lipinski definition) is 1. The van der Waals surface area contributed by atoms with Gasteiger partial charge in [-0.25, -0.2) is 12.8 Å². The number of hydrogen-bond acceptors (Lipinski definition) is 6. The van der Waals surface area contributed by atoms with Crippen LogP contribution in [0.4, 0.5) is 10.1 Å². The lowest BCUT2D eigenvalue weighted by Crippen LogP contribution is -2.52. The smallest absolute Gasteiger partial charge is 0.244 e. The summed E-state index contributed by atoms with van der Waals surface area (Å²) < 4.78 is 52.1. The summed E-state index contributed by atoms with van der Waals surface area (Å²) in [6.45, 7) is 5.98. The number of amides is 2. The van der Waals surface area contributed by atoms with Gasteiger partial charge in [-0.15, -0.1) is 0 Å². The molecule has 0 spiro atoms. The van der Waals surface area contributed by atoms with Crippen molar-refractivity contribution in [2.24, 2.45) is 0 Å². The number of carbonyl (C=O) groups is 2. The summed E-state index contributed by atoms with van der Waals surface area (Å²) in [6, 6.07) is 9.42. The van der Waals surface area contributed by atoms with E-state index in [1.165, 1.54) is 49.1 Å². The maximum atomic E-state index is 14.5. The topological polar surface area (TPSA) is 105 Å². The summed E-state index contributed by atoms with van der Waals surface area (Å²) in [5, 5.41) is 2.83. The molecule has 1 aliphatic rings. The van der Waals surface area contributed by atoms with Gasteiger partial charge in [-0.1, -0.05) is 25.1 Å². The number of anilines is 1. The van der Waals surface area contributed by atoms with E-state index in [0.717, 1.165) is 4.31 Å². The van der Waals surface area contributed by atoms with Crippen molar-refractivity contribution >= 4 is 27.5 Å². The summed E-state index contributed by atoms with van der Waals surface area (Å²) >= 11 is 0. The molecular formula is C25H32FN3O6S. The summed E-state index contributed by atoms with van der Waals surface area (Å²) in [5.41, 5.74) is 0.430. The second-order valence-electron chi connectivity index (χ2n) is 8.55. The molecule has 0 fully saturated rings. The van der Waals surface area contributed by atoms with Crippen LogP contribution in [0.15, 0.2) is 42.5 Å². The van der Waals surface area contributed by atoms with Crippen LogP contribution in [0.25, 0.3) is 0 Å². The van der Waals surface area contributed by atoms with Gasteiger partial charge in [0.15, 0.2) is 11.5 Å². The zero-order valence-electron chi connectivity index (χ0n) is 20.9. The van der Waals surface area contributed by atoms with Crippen LogP contribution >= 0.6 is 0 Å². The Bertz CT molecular complexity index is 1210. The van der Waals surface area contributed by atoms with Crippen LogP contribution in [-0.4, -0.2) is 56.3 Å². The SMILES string of the molecule is CC[C@H](C)NC(=O)[C@H](C)N(Cc1ccccc1F)C(=O)CN(c1ccc2c(c1)OCO2)S(=O)(=O)CC. The van der Waals surface area contributed by atoms with Crippen LogP contribution in [0.3, 0.4) is 0 Å². The minimum Gasteiger partial charge on any atom is -0.454 e. The molecular weight excluding hydrogens is 489 g/mol. The van der Waals surface area contributed by atoms with Crippen molar-refractivity contribution in [3.8, 4) is 11.5 Å². The maximum absolute atomic E-state index is 14.5. The lowest BCUT2D eigenvalue weighted by atomic mass is 10.1. The molecule has 0 aliphatic carbocycles. The van der Waals surface area contributed by atoms with Gasteiger partial charge < -0.3 is 19.7 Å². The molecule has 196 valence electrons. The average Bonchev–Trinajstić information content (AvgIpc) is 3.34. The molecule has 2 amide bonds. The summed E-state index contributed by atoms with van der Waals surface area (Å²) in [4.78, 5) is 27.7. The standard InChI is InChI=1S/C25H32FN3O6S/c1-5-17(3)27-25(31)18(4)28(14-19-9-7-8-10-21(19)26)24(30)15-29(36(32,33)6-2)20-11-12-22-23(13-20)35-16-34-22/h7-13,17-18H,5-6,14-16H2,1-4H3,(H,27,31)/t17-,18-/m0/s1. The number of rotatable bonds is 11. The van der Waals surface area contributed by atoms with Gasteiger partial charge in [0.25, 0.3) is 0 Å². The van der Waals surface area contributed by atoms with Crippen molar-refractivity contribution in [1.29, 1.82) is 0 Å². The Morgan fingerprint density at radius 1 is 1.08 bits per heavy atom. The van der Waals surface area contributed by atoms with E-state index in [1.807, 2.05) is 13.8 Å². The zero-order valence-corrected chi connectivity index (χ0v) is 21.7. The third-order valence-corrected chi connectivity index (χ3v) is 7.83. The Hall–Kier alpha value is -3.34. The Labute approximate surface area is 211 Å². The van der Waals surface area contributed by atoms with Crippen molar-refractivity contribution in [3.05, 3.63) is 53.8 Å². The number of nitrogens with zero attached hydrogens (tertiary/aromatic N) is 2. The molecule has 3 rings (SSSR count). The van der Waals surface area contributed by atoms with Gasteiger partial charge in [-0.05, 0) is 45.4 Å². The largest absolute Gasteiger partial charge is 0.454 e. The number of carbonyl (C=O) groups excluding carboxylic acids is 2. The maximum Gasteiger partial charge on any atom is 0.244 e. The highest BCUT2D eigenvalue weighted by Gasteiger charge is 2.32. The fourth-order valence-electron chi connectivity index (χ4n) is 3.62. The van der Waals surface area contributed by atoms with Gasteiger partial charge in [-0.3, -0.25) is 13.9 Å². The Morgan fingerprint density at radius 3 is 2.44 bits per heavy atom. The van der Waals surface area contributed by atoms with Crippen LogP contribution in [-0.2, 0) is 26.2 Å². The van der Waals surface area contributed by atoms with Gasteiger partial charge in [0.1, 0.15) is 18.4 Å². The van der Waals surface area contributed by atoms with E-state index in [4.69, 9.17) is 9.47 Å². The molecule has 0 saturated carbocycles. The predicted molar refractivity (Wildman–Crippen MR) is 134 cm³/mol. The van der Waals surface area contributed by atoms with Crippen molar-refractivity contribution in [3.63, 3.8) is 0 Å².